The van der Waals surface area contributed by atoms with Gasteiger partial charge in [0.15, 0.2) is 0 Å². The number of carbonyl (C=O) groups excluding carboxylic acids is 6. The van der Waals surface area contributed by atoms with Crippen molar-refractivity contribution in [1.29, 1.82) is 0 Å². The minimum Gasteiger partial charge on any atom is -0.461 e. The summed E-state index contributed by atoms with van der Waals surface area (Å²) in [6.45, 7) is 6.98. The third-order valence-electron chi connectivity index (χ3n) is 10.2. The summed E-state index contributed by atoms with van der Waals surface area (Å²) < 4.78 is 11.0. The molecule has 5 rings (SSSR count). The van der Waals surface area contributed by atoms with Crippen LogP contribution in [0.15, 0.2) is 103 Å². The second-order valence-electron chi connectivity index (χ2n) is 16.1. The van der Waals surface area contributed by atoms with E-state index in [1.165, 1.54) is 11.9 Å². The number of nitrogens with two attached hydrogens (primary N) is 1. The van der Waals surface area contributed by atoms with Crippen LogP contribution in [0.2, 0.25) is 0 Å². The van der Waals surface area contributed by atoms with Gasteiger partial charge in [0, 0.05) is 37.0 Å². The summed E-state index contributed by atoms with van der Waals surface area (Å²) >= 11 is 0. The minimum absolute atomic E-state index is 0.0420. The van der Waals surface area contributed by atoms with Crippen LogP contribution in [0.4, 0.5) is 4.79 Å². The van der Waals surface area contributed by atoms with E-state index in [0.29, 0.717) is 18.4 Å². The van der Waals surface area contributed by atoms with Crippen molar-refractivity contribution in [3.63, 3.8) is 0 Å². The number of alkyl carbamates (subject to hydrolysis) is 1. The van der Waals surface area contributed by atoms with Gasteiger partial charge >= 0.3 is 12.1 Å². The largest absolute Gasteiger partial charge is 0.461 e. The molecule has 322 valence electrons. The van der Waals surface area contributed by atoms with Gasteiger partial charge in [0.2, 0.25) is 23.6 Å². The number of nitrogens with zero attached hydrogens (tertiary/aromatic N) is 1. The average molecular weight is 833 g/mol. The number of benzene rings is 4. The van der Waals surface area contributed by atoms with Crippen LogP contribution in [-0.4, -0.2) is 82.4 Å². The number of rotatable bonds is 19. The molecule has 61 heavy (non-hydrogen) atoms. The van der Waals surface area contributed by atoms with Gasteiger partial charge in [-0.3, -0.25) is 24.0 Å². The number of hydrogen-bond donors (Lipinski definition) is 5. The number of fused-ring (bicyclic) bond motifs is 2. The number of ether oxygens (including phenoxy) is 2. The molecule has 14 nitrogen and oxygen atoms in total. The van der Waals surface area contributed by atoms with Gasteiger partial charge < -0.3 is 41.0 Å². The van der Waals surface area contributed by atoms with E-state index in [9.17, 15) is 28.8 Å². The van der Waals surface area contributed by atoms with E-state index >= 15 is 0 Å². The molecule has 0 aliphatic rings. The smallest absolute Gasteiger partial charge is 0.408 e. The molecule has 4 aromatic carbocycles. The Bertz CT molecular complexity index is 2320. The number of aromatic nitrogens is 1. The second kappa shape index (κ2) is 21.0. The number of nitrogens with one attached hydrogen (secondary N) is 4. The first-order valence-corrected chi connectivity index (χ1v) is 20.5. The van der Waals surface area contributed by atoms with Crippen molar-refractivity contribution in [2.75, 3.05) is 7.05 Å². The van der Waals surface area contributed by atoms with E-state index in [0.717, 1.165) is 32.8 Å². The molecule has 0 saturated carbocycles. The van der Waals surface area contributed by atoms with Gasteiger partial charge in [-0.2, -0.15) is 0 Å². The Morgan fingerprint density at radius 1 is 0.738 bits per heavy atom. The third-order valence-corrected chi connectivity index (χ3v) is 10.2. The molecule has 6 N–H and O–H groups in total. The van der Waals surface area contributed by atoms with Gasteiger partial charge in [-0.25, -0.2) is 4.79 Å². The van der Waals surface area contributed by atoms with Crippen LogP contribution in [0.1, 0.15) is 70.1 Å². The zero-order chi connectivity index (χ0) is 44.1. The van der Waals surface area contributed by atoms with Crippen molar-refractivity contribution in [3.8, 4) is 0 Å². The highest BCUT2D eigenvalue weighted by Gasteiger charge is 2.36. The normalized spacial score (nSPS) is 13.3. The maximum atomic E-state index is 14.5. The number of hydrogen-bond acceptors (Lipinski definition) is 8. The third kappa shape index (κ3) is 12.9. The summed E-state index contributed by atoms with van der Waals surface area (Å²) in [5.74, 6) is -3.76. The van der Waals surface area contributed by atoms with E-state index in [2.05, 4.69) is 20.9 Å². The number of para-hydroxylation sites is 1. The molecule has 0 aliphatic carbocycles. The van der Waals surface area contributed by atoms with Crippen molar-refractivity contribution in [3.05, 3.63) is 120 Å². The Hall–Kier alpha value is -6.70. The molecule has 4 atom stereocenters. The summed E-state index contributed by atoms with van der Waals surface area (Å²) in [7, 11) is 1.46. The molecule has 0 unspecified atom stereocenters. The number of unbranched alkanes of at least 4 members (excludes halogenated alkanes) is 1. The van der Waals surface area contributed by atoms with Crippen LogP contribution in [0.5, 0.6) is 0 Å². The zero-order valence-electron chi connectivity index (χ0n) is 35.4. The molecule has 0 fully saturated rings. The molecule has 5 aromatic rings. The van der Waals surface area contributed by atoms with Crippen molar-refractivity contribution in [1.82, 2.24) is 25.8 Å². The van der Waals surface area contributed by atoms with E-state index in [1.807, 2.05) is 79.7 Å². The summed E-state index contributed by atoms with van der Waals surface area (Å²) in [5, 5.41) is 10.7. The standard InChI is InChI=1S/C47H56N6O8/c1-6-7-24-40(53(5)45(58)39(52-46(59)61-47(2,3)4)26-33-28-49-36-23-14-13-22-35(33)36)44(57)51-38(27-41(54)60-29-30-16-9-8-10-17-30)43(56)50-37(42(48)55)25-32-20-15-19-31-18-11-12-21-34(31)32/h8-23,28,37-40,49H,6-7,24-27,29H2,1-5H3,(H2,48,55)(H,50,56)(H,51,57)(H,52,59)/t37-,38-,39-,40-/m0/s1. The lowest BCUT2D eigenvalue weighted by Crippen LogP contribution is -2.59. The van der Waals surface area contributed by atoms with Gasteiger partial charge in [0.05, 0.1) is 6.42 Å². The number of aromatic amines is 1. The maximum absolute atomic E-state index is 14.5. The van der Waals surface area contributed by atoms with Gasteiger partial charge in [-0.1, -0.05) is 111 Å². The van der Waals surface area contributed by atoms with E-state index in [-0.39, 0.29) is 25.9 Å². The molecule has 0 bridgehead atoms. The molecule has 0 spiro atoms. The molecule has 1 aromatic heterocycles. The number of H-pyrrole nitrogens is 1. The van der Waals surface area contributed by atoms with E-state index in [4.69, 9.17) is 15.2 Å². The molecule has 14 heteroatoms. The van der Waals surface area contributed by atoms with Gasteiger partial charge in [0.25, 0.3) is 0 Å². The number of amides is 5. The van der Waals surface area contributed by atoms with Crippen LogP contribution in [0.3, 0.4) is 0 Å². The highest BCUT2D eigenvalue weighted by molar-refractivity contribution is 5.97. The fourth-order valence-electron chi connectivity index (χ4n) is 7.09. The highest BCUT2D eigenvalue weighted by atomic mass is 16.6. The fraction of sp³-hybridized carbons (Fsp3) is 0.362. The van der Waals surface area contributed by atoms with Crippen molar-refractivity contribution in [2.45, 2.75) is 103 Å². The van der Waals surface area contributed by atoms with Crippen LogP contribution < -0.4 is 21.7 Å². The molecule has 0 radical (unpaired) electrons. The lowest BCUT2D eigenvalue weighted by atomic mass is 9.98. The first-order valence-electron chi connectivity index (χ1n) is 20.5. The summed E-state index contributed by atoms with van der Waals surface area (Å²) in [6.07, 6.45) is 1.85. The van der Waals surface area contributed by atoms with Crippen molar-refractivity contribution < 1.29 is 38.2 Å². The lowest BCUT2D eigenvalue weighted by molar-refractivity contribution is -0.148. The van der Waals surface area contributed by atoms with Crippen molar-refractivity contribution >= 4 is 57.4 Å². The predicted octanol–water partition coefficient (Wildman–Crippen LogP) is 5.61. The SMILES string of the molecule is CCCC[C@@H](C(=O)N[C@@H](CC(=O)OCc1ccccc1)C(=O)N[C@@H](Cc1cccc2ccccc12)C(N)=O)N(C)C(=O)[C@H](Cc1c[nH]c2ccccc12)NC(=O)OC(C)(C)C. The van der Waals surface area contributed by atoms with Crippen LogP contribution in [0.25, 0.3) is 21.7 Å². The Balaban J connectivity index is 1.40. The summed E-state index contributed by atoms with van der Waals surface area (Å²) in [4.78, 5) is 86.8. The Morgan fingerprint density at radius 3 is 2.08 bits per heavy atom. The van der Waals surface area contributed by atoms with E-state index < -0.39 is 71.9 Å². The summed E-state index contributed by atoms with van der Waals surface area (Å²) in [5.41, 5.74) is 8.04. The molecule has 5 amide bonds. The first kappa shape index (κ1) is 45.4. The number of esters is 1. The second-order valence-corrected chi connectivity index (χ2v) is 16.1. The van der Waals surface area contributed by atoms with Crippen LogP contribution in [0, 0.1) is 0 Å². The predicted molar refractivity (Wildman–Crippen MR) is 233 cm³/mol. The monoisotopic (exact) mass is 832 g/mol. The fourth-order valence-corrected chi connectivity index (χ4v) is 7.09. The van der Waals surface area contributed by atoms with Crippen molar-refractivity contribution in [2.24, 2.45) is 5.73 Å². The molecule has 1 heterocycles. The number of carbonyl (C=O) groups is 6. The molecular formula is C47H56N6O8. The Kier molecular flexibility index (Phi) is 15.6. The molecule has 0 aliphatic heterocycles. The highest BCUT2D eigenvalue weighted by Crippen LogP contribution is 2.22. The molecule has 0 saturated heterocycles. The maximum Gasteiger partial charge on any atom is 0.408 e. The number of primary amides is 1. The Labute approximate surface area is 355 Å². The van der Waals surface area contributed by atoms with Gasteiger partial charge in [-0.05, 0) is 60.7 Å². The van der Waals surface area contributed by atoms with Crippen LogP contribution in [-0.2, 0) is 52.9 Å². The lowest BCUT2D eigenvalue weighted by Gasteiger charge is -2.32. The van der Waals surface area contributed by atoms with Crippen LogP contribution >= 0.6 is 0 Å². The molecular weight excluding hydrogens is 777 g/mol. The average Bonchev–Trinajstić information content (AvgIpc) is 3.64. The topological polar surface area (TPSA) is 202 Å². The van der Waals surface area contributed by atoms with Gasteiger partial charge in [0.1, 0.15) is 36.4 Å². The summed E-state index contributed by atoms with van der Waals surface area (Å²) in [6, 6.07) is 24.7. The quantitative estimate of drug-likeness (QED) is 0.0662. The Morgan fingerprint density at radius 2 is 1.38 bits per heavy atom. The number of likely N-dealkylation sites (N-methyl/N-ethyl adjacent to an activating group) is 1. The zero-order valence-corrected chi connectivity index (χ0v) is 35.4. The first-order chi connectivity index (χ1) is 29.1. The van der Waals surface area contributed by atoms with Gasteiger partial charge in [-0.15, -0.1) is 0 Å². The van der Waals surface area contributed by atoms with E-state index in [1.54, 1.807) is 51.2 Å². The minimum atomic E-state index is -1.53.